The molecule has 0 radical (unpaired) electrons. The maximum atomic E-state index is 12.7. The second-order valence-electron chi connectivity index (χ2n) is 10.6. The van der Waals surface area contributed by atoms with Crippen molar-refractivity contribution in [1.82, 2.24) is 26.2 Å². The minimum Gasteiger partial charge on any atom is -0.381 e. The molecule has 2 aliphatic heterocycles. The number of hydrogen-bond acceptors (Lipinski definition) is 5. The fourth-order valence-corrected chi connectivity index (χ4v) is 6.12. The van der Waals surface area contributed by atoms with Gasteiger partial charge in [0, 0.05) is 45.4 Å². The minimum atomic E-state index is 0.150. The van der Waals surface area contributed by atoms with E-state index in [1.807, 2.05) is 12.0 Å². The SMILES string of the molecule is COC1CCC(C2CNC(NC3CCCC(NC(=O)N4CCC(C)CC4)C3)NC2)CC1. The van der Waals surface area contributed by atoms with Crippen LogP contribution in [0, 0.1) is 17.8 Å². The van der Waals surface area contributed by atoms with E-state index in [9.17, 15) is 4.79 Å². The number of methoxy groups -OCH3 is 1. The van der Waals surface area contributed by atoms with Crippen molar-refractivity contribution < 1.29 is 9.53 Å². The molecule has 0 spiro atoms. The monoisotopic (exact) mass is 435 g/mol. The second-order valence-corrected chi connectivity index (χ2v) is 10.6. The Bertz CT molecular complexity index is 552. The first-order valence-corrected chi connectivity index (χ1v) is 12.9. The van der Waals surface area contributed by atoms with Crippen molar-refractivity contribution in [3.05, 3.63) is 0 Å². The van der Waals surface area contributed by atoms with Crippen molar-refractivity contribution >= 4 is 6.03 Å². The van der Waals surface area contributed by atoms with Gasteiger partial charge in [0.2, 0.25) is 0 Å². The van der Waals surface area contributed by atoms with Crippen molar-refractivity contribution in [3.63, 3.8) is 0 Å². The van der Waals surface area contributed by atoms with Gasteiger partial charge in [-0.15, -0.1) is 0 Å². The summed E-state index contributed by atoms with van der Waals surface area (Å²) in [6, 6.07) is 0.905. The van der Waals surface area contributed by atoms with Crippen LogP contribution >= 0.6 is 0 Å². The van der Waals surface area contributed by atoms with E-state index < -0.39 is 0 Å². The molecule has 7 nitrogen and oxygen atoms in total. The Balaban J connectivity index is 1.15. The van der Waals surface area contributed by atoms with Crippen LogP contribution in [0.25, 0.3) is 0 Å². The summed E-state index contributed by atoms with van der Waals surface area (Å²) < 4.78 is 5.53. The molecule has 2 saturated carbocycles. The molecular formula is C24H45N5O2. The first kappa shape index (κ1) is 23.3. The smallest absolute Gasteiger partial charge is 0.317 e. The lowest BCUT2D eigenvalue weighted by molar-refractivity contribution is 0.0414. The zero-order valence-electron chi connectivity index (χ0n) is 19.7. The van der Waals surface area contributed by atoms with Gasteiger partial charge in [0.05, 0.1) is 6.10 Å². The van der Waals surface area contributed by atoms with E-state index >= 15 is 0 Å². The van der Waals surface area contributed by atoms with Gasteiger partial charge in [-0.1, -0.05) is 6.92 Å². The Kier molecular flexibility index (Phi) is 8.49. The third-order valence-corrected chi connectivity index (χ3v) is 8.36. The lowest BCUT2D eigenvalue weighted by atomic mass is 9.78. The zero-order chi connectivity index (χ0) is 21.6. The predicted octanol–water partition coefficient (Wildman–Crippen LogP) is 2.63. The Morgan fingerprint density at radius 1 is 0.903 bits per heavy atom. The normalized spacial score (nSPS) is 38.1. The van der Waals surface area contributed by atoms with Crippen molar-refractivity contribution in [2.45, 2.75) is 95.6 Å². The molecule has 2 heterocycles. The van der Waals surface area contributed by atoms with E-state index in [4.69, 9.17) is 4.74 Å². The van der Waals surface area contributed by atoms with Crippen LogP contribution < -0.4 is 21.3 Å². The van der Waals surface area contributed by atoms with E-state index in [1.165, 1.54) is 38.5 Å². The quantitative estimate of drug-likeness (QED) is 0.534. The molecule has 0 aromatic heterocycles. The van der Waals surface area contributed by atoms with Crippen molar-refractivity contribution in [2.24, 2.45) is 17.8 Å². The number of likely N-dealkylation sites (tertiary alicyclic amines) is 1. The van der Waals surface area contributed by atoms with Crippen LogP contribution in [0.4, 0.5) is 4.79 Å². The van der Waals surface area contributed by atoms with Crippen molar-refractivity contribution in [1.29, 1.82) is 0 Å². The van der Waals surface area contributed by atoms with E-state index in [0.29, 0.717) is 18.2 Å². The Morgan fingerprint density at radius 3 is 2.26 bits per heavy atom. The van der Waals surface area contributed by atoms with Gasteiger partial charge in [0.15, 0.2) is 0 Å². The number of rotatable bonds is 5. The minimum absolute atomic E-state index is 0.150. The highest BCUT2D eigenvalue weighted by molar-refractivity contribution is 5.74. The molecule has 178 valence electrons. The second kappa shape index (κ2) is 11.3. The maximum absolute atomic E-state index is 12.7. The number of amides is 2. The summed E-state index contributed by atoms with van der Waals surface area (Å²) in [5.41, 5.74) is 0. The van der Waals surface area contributed by atoms with Crippen LogP contribution in [0.2, 0.25) is 0 Å². The van der Waals surface area contributed by atoms with Gasteiger partial charge in [-0.25, -0.2) is 4.79 Å². The lowest BCUT2D eigenvalue weighted by Gasteiger charge is -2.41. The molecule has 4 aliphatic rings. The molecular weight excluding hydrogens is 390 g/mol. The number of ether oxygens (including phenoxy) is 1. The first-order valence-electron chi connectivity index (χ1n) is 12.9. The summed E-state index contributed by atoms with van der Waals surface area (Å²) in [6.07, 6.45) is 12.5. The van der Waals surface area contributed by atoms with Crippen molar-refractivity contribution in [2.75, 3.05) is 33.3 Å². The number of carbonyl (C=O) groups is 1. The van der Waals surface area contributed by atoms with Gasteiger partial charge in [-0.05, 0) is 82.0 Å². The molecule has 7 heteroatoms. The van der Waals surface area contributed by atoms with E-state index in [0.717, 1.165) is 69.6 Å². The lowest BCUT2D eigenvalue weighted by Crippen LogP contribution is -2.63. The number of hydrogen-bond donors (Lipinski definition) is 4. The average Bonchev–Trinajstić information content (AvgIpc) is 2.80. The van der Waals surface area contributed by atoms with Gasteiger partial charge in [-0.2, -0.15) is 0 Å². The third-order valence-electron chi connectivity index (χ3n) is 8.36. The molecule has 0 aromatic carbocycles. The van der Waals surface area contributed by atoms with E-state index in [2.05, 4.69) is 28.2 Å². The zero-order valence-corrected chi connectivity index (χ0v) is 19.7. The summed E-state index contributed by atoms with van der Waals surface area (Å²) >= 11 is 0. The molecule has 0 bridgehead atoms. The molecule has 4 rings (SSSR count). The summed E-state index contributed by atoms with van der Waals surface area (Å²) in [6.45, 7) is 6.28. The van der Waals surface area contributed by atoms with Crippen LogP contribution in [0.5, 0.6) is 0 Å². The summed E-state index contributed by atoms with van der Waals surface area (Å²) in [5.74, 6) is 2.30. The molecule has 2 unspecified atom stereocenters. The van der Waals surface area contributed by atoms with Crippen LogP contribution in [0.1, 0.15) is 71.1 Å². The highest BCUT2D eigenvalue weighted by Gasteiger charge is 2.32. The van der Waals surface area contributed by atoms with Gasteiger partial charge in [0.25, 0.3) is 0 Å². The fourth-order valence-electron chi connectivity index (χ4n) is 6.12. The van der Waals surface area contributed by atoms with Crippen LogP contribution in [0.15, 0.2) is 0 Å². The highest BCUT2D eigenvalue weighted by atomic mass is 16.5. The standard InChI is InChI=1S/C24H45N5O2/c1-17-10-12-29(13-11-17)24(30)28-21-5-3-4-20(14-21)27-23-25-15-19(16-26-23)18-6-8-22(31-2)9-7-18/h17-23,25-27H,3-16H2,1-2H3,(H,28,30). The number of urea groups is 1. The Labute approximate surface area is 188 Å². The predicted molar refractivity (Wildman–Crippen MR) is 124 cm³/mol. The summed E-state index contributed by atoms with van der Waals surface area (Å²) in [4.78, 5) is 14.7. The highest BCUT2D eigenvalue weighted by Crippen LogP contribution is 2.31. The Morgan fingerprint density at radius 2 is 1.58 bits per heavy atom. The van der Waals surface area contributed by atoms with Crippen LogP contribution in [-0.4, -0.2) is 68.7 Å². The molecule has 2 amide bonds. The molecule has 0 aromatic rings. The molecule has 2 aliphatic carbocycles. The average molecular weight is 436 g/mol. The molecule has 31 heavy (non-hydrogen) atoms. The third kappa shape index (κ3) is 6.56. The number of carbonyl (C=O) groups excluding carboxylic acids is 1. The van der Waals surface area contributed by atoms with Gasteiger partial charge >= 0.3 is 6.03 Å². The molecule has 4 fully saturated rings. The van der Waals surface area contributed by atoms with E-state index in [-0.39, 0.29) is 12.3 Å². The summed E-state index contributed by atoms with van der Waals surface area (Å²) in [7, 11) is 1.85. The van der Waals surface area contributed by atoms with Gasteiger partial charge in [-0.3, -0.25) is 16.0 Å². The maximum Gasteiger partial charge on any atom is 0.317 e. The van der Waals surface area contributed by atoms with Gasteiger partial charge < -0.3 is 15.0 Å². The van der Waals surface area contributed by atoms with Crippen molar-refractivity contribution in [3.8, 4) is 0 Å². The van der Waals surface area contributed by atoms with Crippen LogP contribution in [-0.2, 0) is 4.74 Å². The fraction of sp³-hybridized carbons (Fsp3) is 0.958. The van der Waals surface area contributed by atoms with Gasteiger partial charge in [0.1, 0.15) is 6.29 Å². The Hall–Kier alpha value is -0.890. The van der Waals surface area contributed by atoms with Crippen LogP contribution in [0.3, 0.4) is 0 Å². The molecule has 4 N–H and O–H groups in total. The molecule has 2 saturated heterocycles. The molecule has 2 atom stereocenters. The van der Waals surface area contributed by atoms with E-state index in [1.54, 1.807) is 0 Å². The number of nitrogens with one attached hydrogen (secondary N) is 4. The number of piperidine rings is 1. The largest absolute Gasteiger partial charge is 0.381 e. The summed E-state index contributed by atoms with van der Waals surface area (Å²) in [5, 5.41) is 14.5. The number of nitrogens with zero attached hydrogens (tertiary/aromatic N) is 1. The first-order chi connectivity index (χ1) is 15.1. The topological polar surface area (TPSA) is 77.7 Å².